The molecule has 3 rings (SSSR count). The number of nitrogens with one attached hydrogen (secondary N) is 1. The maximum absolute atomic E-state index is 5.86. The lowest BCUT2D eigenvalue weighted by atomic mass is 9.51. The van der Waals surface area contributed by atoms with E-state index in [4.69, 9.17) is 9.47 Å². The monoisotopic (exact) mass is 253 g/mol. The van der Waals surface area contributed by atoms with Gasteiger partial charge in [-0.3, -0.25) is 0 Å². The third-order valence-corrected chi connectivity index (χ3v) is 5.12. The minimum atomic E-state index is 0.493. The van der Waals surface area contributed by atoms with Crippen molar-refractivity contribution in [3.8, 4) is 0 Å². The Bertz CT molecular complexity index is 274. The highest BCUT2D eigenvalue weighted by molar-refractivity contribution is 5.12. The van der Waals surface area contributed by atoms with E-state index in [1.165, 1.54) is 38.5 Å². The van der Waals surface area contributed by atoms with Gasteiger partial charge in [0.15, 0.2) is 0 Å². The van der Waals surface area contributed by atoms with Crippen LogP contribution in [0.3, 0.4) is 0 Å². The summed E-state index contributed by atoms with van der Waals surface area (Å²) in [4.78, 5) is 0. The van der Waals surface area contributed by atoms with E-state index >= 15 is 0 Å². The normalized spacial score (nSPS) is 33.2. The minimum Gasteiger partial charge on any atom is -0.380 e. The van der Waals surface area contributed by atoms with Crippen molar-refractivity contribution in [2.24, 2.45) is 11.3 Å². The van der Waals surface area contributed by atoms with Crippen LogP contribution in [0, 0.1) is 11.3 Å². The quantitative estimate of drug-likeness (QED) is 0.674. The first kappa shape index (κ1) is 12.9. The largest absolute Gasteiger partial charge is 0.380 e. The van der Waals surface area contributed by atoms with Gasteiger partial charge in [-0.25, -0.2) is 0 Å². The highest BCUT2D eigenvalue weighted by Gasteiger charge is 2.58. The van der Waals surface area contributed by atoms with Crippen molar-refractivity contribution in [3.05, 3.63) is 0 Å². The molecule has 0 heterocycles. The molecule has 104 valence electrons. The molecule has 3 fully saturated rings. The smallest absolute Gasteiger partial charge is 0.0661 e. The molecule has 3 aliphatic carbocycles. The number of rotatable bonds is 8. The lowest BCUT2D eigenvalue weighted by Gasteiger charge is -2.61. The molecule has 0 saturated heterocycles. The van der Waals surface area contributed by atoms with Crippen molar-refractivity contribution in [2.75, 3.05) is 26.4 Å². The van der Waals surface area contributed by atoms with Gasteiger partial charge >= 0.3 is 0 Å². The van der Waals surface area contributed by atoms with Gasteiger partial charge in [-0.1, -0.05) is 6.42 Å². The van der Waals surface area contributed by atoms with Crippen molar-refractivity contribution < 1.29 is 9.47 Å². The van der Waals surface area contributed by atoms with E-state index in [0.717, 1.165) is 32.3 Å². The molecule has 2 atom stereocenters. The topological polar surface area (TPSA) is 30.5 Å². The molecule has 1 spiro atoms. The molecular formula is C15H27NO2. The summed E-state index contributed by atoms with van der Waals surface area (Å²) in [6.07, 6.45) is 8.61. The molecule has 3 saturated carbocycles. The average Bonchev–Trinajstić information content (AvgIpc) is 3.07. The van der Waals surface area contributed by atoms with E-state index in [9.17, 15) is 0 Å². The van der Waals surface area contributed by atoms with Crippen molar-refractivity contribution >= 4 is 0 Å². The highest BCUT2D eigenvalue weighted by atomic mass is 16.5. The molecule has 0 bridgehead atoms. The molecule has 3 nitrogen and oxygen atoms in total. The summed E-state index contributed by atoms with van der Waals surface area (Å²) >= 11 is 0. The molecule has 0 aromatic carbocycles. The summed E-state index contributed by atoms with van der Waals surface area (Å²) in [5, 5.41) is 3.69. The predicted octanol–water partition coefficient (Wildman–Crippen LogP) is 2.35. The summed E-state index contributed by atoms with van der Waals surface area (Å²) in [5.41, 5.74) is 0.493. The third kappa shape index (κ3) is 2.45. The predicted molar refractivity (Wildman–Crippen MR) is 71.6 cm³/mol. The fourth-order valence-electron chi connectivity index (χ4n) is 3.56. The van der Waals surface area contributed by atoms with Crippen molar-refractivity contribution in [1.82, 2.24) is 5.32 Å². The van der Waals surface area contributed by atoms with Crippen LogP contribution in [-0.2, 0) is 9.47 Å². The van der Waals surface area contributed by atoms with E-state index in [2.05, 4.69) is 12.2 Å². The Labute approximate surface area is 111 Å². The number of hydrogen-bond acceptors (Lipinski definition) is 3. The zero-order valence-corrected chi connectivity index (χ0v) is 11.6. The molecule has 0 aliphatic heterocycles. The zero-order valence-electron chi connectivity index (χ0n) is 11.6. The Kier molecular flexibility index (Phi) is 3.92. The van der Waals surface area contributed by atoms with E-state index in [0.29, 0.717) is 17.6 Å². The van der Waals surface area contributed by atoms with Crippen LogP contribution in [0.25, 0.3) is 0 Å². The van der Waals surface area contributed by atoms with E-state index < -0.39 is 0 Å². The van der Waals surface area contributed by atoms with Crippen molar-refractivity contribution in [2.45, 2.75) is 57.6 Å². The lowest BCUT2D eigenvalue weighted by Crippen LogP contribution is -2.67. The Morgan fingerprint density at radius 1 is 1.28 bits per heavy atom. The maximum Gasteiger partial charge on any atom is 0.0661 e. The minimum absolute atomic E-state index is 0.493. The molecule has 1 N–H and O–H groups in total. The zero-order chi connectivity index (χ0) is 12.4. The van der Waals surface area contributed by atoms with Gasteiger partial charge < -0.3 is 14.8 Å². The Morgan fingerprint density at radius 2 is 2.11 bits per heavy atom. The summed E-state index contributed by atoms with van der Waals surface area (Å²) in [6, 6.07) is 0.687. The van der Waals surface area contributed by atoms with Crippen LogP contribution in [-0.4, -0.2) is 38.5 Å². The van der Waals surface area contributed by atoms with Gasteiger partial charge in [-0.15, -0.1) is 0 Å². The first-order valence-corrected chi connectivity index (χ1v) is 7.78. The molecule has 0 radical (unpaired) electrons. The van der Waals surface area contributed by atoms with Crippen LogP contribution in [0.2, 0.25) is 0 Å². The van der Waals surface area contributed by atoms with E-state index in [1.54, 1.807) is 0 Å². The Morgan fingerprint density at radius 3 is 2.72 bits per heavy atom. The fourth-order valence-corrected chi connectivity index (χ4v) is 3.56. The van der Waals surface area contributed by atoms with E-state index in [1.807, 2.05) is 0 Å². The van der Waals surface area contributed by atoms with Crippen LogP contribution in [0.5, 0.6) is 0 Å². The third-order valence-electron chi connectivity index (χ3n) is 5.12. The van der Waals surface area contributed by atoms with Crippen molar-refractivity contribution in [1.29, 1.82) is 0 Å². The standard InChI is InChI=1S/C15H27NO2/c1-2-18-14-10-13(15(14)6-3-7-15)16-8-9-17-11-12-4-5-12/h12-14,16H,2-11H2,1H3. The summed E-state index contributed by atoms with van der Waals surface area (Å²) in [7, 11) is 0. The second-order valence-corrected chi connectivity index (χ2v) is 6.29. The SMILES string of the molecule is CCOC1CC(NCCOCC2CC2)C12CCC2. The molecule has 18 heavy (non-hydrogen) atoms. The number of hydrogen-bond donors (Lipinski definition) is 1. The Balaban J connectivity index is 1.33. The molecule has 2 unspecified atom stereocenters. The highest BCUT2D eigenvalue weighted by Crippen LogP contribution is 2.57. The molecular weight excluding hydrogens is 226 g/mol. The van der Waals surface area contributed by atoms with Gasteiger partial charge in [0, 0.05) is 31.2 Å². The van der Waals surface area contributed by atoms with Gasteiger partial charge in [-0.05, 0) is 44.9 Å². The van der Waals surface area contributed by atoms with Gasteiger partial charge in [-0.2, -0.15) is 0 Å². The molecule has 3 heteroatoms. The van der Waals surface area contributed by atoms with Crippen LogP contribution in [0.15, 0.2) is 0 Å². The molecule has 0 aromatic heterocycles. The molecule has 0 amide bonds. The van der Waals surface area contributed by atoms with Gasteiger partial charge in [0.25, 0.3) is 0 Å². The summed E-state index contributed by atoms with van der Waals surface area (Å²) in [5.74, 6) is 0.883. The van der Waals surface area contributed by atoms with E-state index in [-0.39, 0.29) is 0 Å². The second-order valence-electron chi connectivity index (χ2n) is 6.29. The van der Waals surface area contributed by atoms with Crippen LogP contribution in [0.1, 0.15) is 45.4 Å². The Hall–Kier alpha value is -0.120. The van der Waals surface area contributed by atoms with Gasteiger partial charge in [0.1, 0.15) is 0 Å². The second kappa shape index (κ2) is 5.48. The summed E-state index contributed by atoms with van der Waals surface area (Å²) < 4.78 is 11.5. The first-order chi connectivity index (χ1) is 8.85. The first-order valence-electron chi connectivity index (χ1n) is 7.78. The maximum atomic E-state index is 5.86. The lowest BCUT2D eigenvalue weighted by molar-refractivity contribution is -0.173. The van der Waals surface area contributed by atoms with Gasteiger partial charge in [0.05, 0.1) is 12.7 Å². The van der Waals surface area contributed by atoms with Gasteiger partial charge in [0.2, 0.25) is 0 Å². The fraction of sp³-hybridized carbons (Fsp3) is 1.00. The number of ether oxygens (including phenoxy) is 2. The molecule has 3 aliphatic rings. The molecule has 0 aromatic rings. The average molecular weight is 253 g/mol. The van der Waals surface area contributed by atoms with Crippen LogP contribution in [0.4, 0.5) is 0 Å². The van der Waals surface area contributed by atoms with Crippen molar-refractivity contribution in [3.63, 3.8) is 0 Å². The van der Waals surface area contributed by atoms with Crippen LogP contribution < -0.4 is 5.32 Å². The summed E-state index contributed by atoms with van der Waals surface area (Å²) in [6.45, 7) is 5.85. The van der Waals surface area contributed by atoms with Crippen LogP contribution >= 0.6 is 0 Å².